The van der Waals surface area contributed by atoms with Crippen molar-refractivity contribution in [2.75, 3.05) is 5.73 Å². The number of anilines is 1. The van der Waals surface area contributed by atoms with Gasteiger partial charge in [0.15, 0.2) is 0 Å². The number of aromatic nitrogens is 1. The summed E-state index contributed by atoms with van der Waals surface area (Å²) in [5.41, 5.74) is 8.08. The van der Waals surface area contributed by atoms with Crippen molar-refractivity contribution in [3.8, 4) is 0 Å². The third-order valence-electron chi connectivity index (χ3n) is 4.49. The van der Waals surface area contributed by atoms with Crippen molar-refractivity contribution in [1.82, 2.24) is 10.3 Å². The Balaban J connectivity index is 1.58. The van der Waals surface area contributed by atoms with Gasteiger partial charge in [0.25, 0.3) is 5.91 Å². The van der Waals surface area contributed by atoms with Gasteiger partial charge in [0, 0.05) is 11.4 Å². The summed E-state index contributed by atoms with van der Waals surface area (Å²) in [5, 5.41) is 4.22. The Morgan fingerprint density at radius 3 is 2.55 bits per heavy atom. The Labute approximate surface area is 117 Å². The van der Waals surface area contributed by atoms with E-state index in [4.69, 9.17) is 5.73 Å². The van der Waals surface area contributed by atoms with Crippen LogP contribution in [0.1, 0.15) is 36.2 Å². The van der Waals surface area contributed by atoms with E-state index in [1.54, 1.807) is 0 Å². The van der Waals surface area contributed by atoms with E-state index in [0.717, 1.165) is 10.9 Å². The minimum absolute atomic E-state index is 0.00407. The van der Waals surface area contributed by atoms with Crippen LogP contribution in [0.25, 0.3) is 10.9 Å². The zero-order valence-electron chi connectivity index (χ0n) is 11.4. The first kappa shape index (κ1) is 11.8. The summed E-state index contributed by atoms with van der Waals surface area (Å²) in [5.74, 6) is 1.42. The van der Waals surface area contributed by atoms with Gasteiger partial charge in [-0.25, -0.2) is 0 Å². The number of rotatable bonds is 4. The van der Waals surface area contributed by atoms with E-state index in [1.807, 2.05) is 24.3 Å². The molecule has 0 atom stereocenters. The quantitative estimate of drug-likeness (QED) is 0.747. The van der Waals surface area contributed by atoms with Crippen LogP contribution in [0.2, 0.25) is 0 Å². The highest BCUT2D eigenvalue weighted by Crippen LogP contribution is 2.44. The molecule has 1 heterocycles. The van der Waals surface area contributed by atoms with Crippen molar-refractivity contribution in [1.29, 1.82) is 0 Å². The second kappa shape index (κ2) is 4.27. The number of hydrogen-bond acceptors (Lipinski definition) is 2. The molecular weight excluding hydrogens is 250 g/mol. The van der Waals surface area contributed by atoms with Gasteiger partial charge in [0.2, 0.25) is 0 Å². The minimum Gasteiger partial charge on any atom is -0.397 e. The molecule has 4 N–H and O–H groups in total. The van der Waals surface area contributed by atoms with Gasteiger partial charge in [-0.3, -0.25) is 4.79 Å². The molecule has 4 rings (SSSR count). The Hall–Kier alpha value is -1.97. The van der Waals surface area contributed by atoms with E-state index in [0.29, 0.717) is 29.3 Å². The lowest BCUT2D eigenvalue weighted by atomic mass is 10.1. The highest BCUT2D eigenvalue weighted by atomic mass is 16.2. The molecule has 0 saturated heterocycles. The average Bonchev–Trinajstić information content (AvgIpc) is 3.34. The fraction of sp³-hybridized carbons (Fsp3) is 0.438. The number of nitrogens with one attached hydrogen (secondary N) is 2. The highest BCUT2D eigenvalue weighted by molar-refractivity contribution is 6.00. The summed E-state index contributed by atoms with van der Waals surface area (Å²) in [6, 6.07) is 7.99. The number of fused-ring (bicyclic) bond motifs is 1. The summed E-state index contributed by atoms with van der Waals surface area (Å²) in [4.78, 5) is 15.6. The van der Waals surface area contributed by atoms with Crippen molar-refractivity contribution >= 4 is 22.5 Å². The predicted molar refractivity (Wildman–Crippen MR) is 79.4 cm³/mol. The molecule has 1 aromatic carbocycles. The summed E-state index contributed by atoms with van der Waals surface area (Å²) in [6.07, 6.45) is 5.06. The van der Waals surface area contributed by atoms with Crippen LogP contribution in [0.15, 0.2) is 24.3 Å². The highest BCUT2D eigenvalue weighted by Gasteiger charge is 2.42. The fourth-order valence-electron chi connectivity index (χ4n) is 3.06. The first-order chi connectivity index (χ1) is 9.72. The number of aromatic amines is 1. The van der Waals surface area contributed by atoms with Crippen molar-refractivity contribution in [2.24, 2.45) is 11.8 Å². The molecular formula is C16H19N3O. The molecule has 2 saturated carbocycles. The number of carbonyl (C=O) groups excluding carboxylic acids is 1. The van der Waals surface area contributed by atoms with Crippen molar-refractivity contribution in [2.45, 2.75) is 31.7 Å². The lowest BCUT2D eigenvalue weighted by molar-refractivity contribution is 0.0922. The number of hydrogen-bond donors (Lipinski definition) is 3. The van der Waals surface area contributed by atoms with E-state index in [1.165, 1.54) is 25.7 Å². The maximum Gasteiger partial charge on any atom is 0.267 e. The maximum atomic E-state index is 12.4. The van der Waals surface area contributed by atoms with Crippen LogP contribution < -0.4 is 11.1 Å². The Bertz CT molecular complexity index is 655. The normalized spacial score (nSPS) is 18.6. The van der Waals surface area contributed by atoms with Gasteiger partial charge in [0.1, 0.15) is 5.69 Å². The van der Waals surface area contributed by atoms with Gasteiger partial charge in [-0.1, -0.05) is 12.1 Å². The van der Waals surface area contributed by atoms with Crippen LogP contribution in [0.5, 0.6) is 0 Å². The molecule has 2 aliphatic rings. The van der Waals surface area contributed by atoms with E-state index >= 15 is 0 Å². The lowest BCUT2D eigenvalue weighted by Crippen LogP contribution is -2.38. The number of nitrogen functional groups attached to an aromatic ring is 1. The van der Waals surface area contributed by atoms with Crippen LogP contribution in [0.4, 0.5) is 5.69 Å². The van der Waals surface area contributed by atoms with Gasteiger partial charge in [-0.05, 0) is 49.7 Å². The summed E-state index contributed by atoms with van der Waals surface area (Å²) >= 11 is 0. The number of nitrogens with two attached hydrogens (primary N) is 1. The third kappa shape index (κ3) is 2.05. The van der Waals surface area contributed by atoms with Crippen molar-refractivity contribution < 1.29 is 4.79 Å². The van der Waals surface area contributed by atoms with E-state index in [2.05, 4.69) is 10.3 Å². The molecule has 1 amide bonds. The van der Waals surface area contributed by atoms with Crippen molar-refractivity contribution in [3.05, 3.63) is 30.0 Å². The van der Waals surface area contributed by atoms with Gasteiger partial charge in [0.05, 0.1) is 11.2 Å². The fourth-order valence-corrected chi connectivity index (χ4v) is 3.06. The monoisotopic (exact) mass is 269 g/mol. The number of carbonyl (C=O) groups is 1. The van der Waals surface area contributed by atoms with E-state index in [-0.39, 0.29) is 5.91 Å². The molecule has 2 aliphatic carbocycles. The standard InChI is InChI=1S/C16H19N3O/c17-12-3-1-2-11-8-13(18-15(11)12)16(20)19-14(9-4-5-9)10-6-7-10/h1-3,8-10,14,18H,4-7,17H2,(H,19,20). The molecule has 0 bridgehead atoms. The Kier molecular flexibility index (Phi) is 2.52. The topological polar surface area (TPSA) is 70.9 Å². The van der Waals surface area contributed by atoms with Gasteiger partial charge < -0.3 is 16.0 Å². The molecule has 4 heteroatoms. The largest absolute Gasteiger partial charge is 0.397 e. The molecule has 0 spiro atoms. The smallest absolute Gasteiger partial charge is 0.267 e. The summed E-state index contributed by atoms with van der Waals surface area (Å²) < 4.78 is 0. The average molecular weight is 269 g/mol. The zero-order valence-corrected chi connectivity index (χ0v) is 11.4. The summed E-state index contributed by atoms with van der Waals surface area (Å²) in [7, 11) is 0. The maximum absolute atomic E-state index is 12.4. The second-order valence-corrected chi connectivity index (χ2v) is 6.17. The molecule has 4 nitrogen and oxygen atoms in total. The van der Waals surface area contributed by atoms with Gasteiger partial charge in [-0.15, -0.1) is 0 Å². The summed E-state index contributed by atoms with van der Waals surface area (Å²) in [6.45, 7) is 0. The van der Waals surface area contributed by atoms with Gasteiger partial charge >= 0.3 is 0 Å². The SMILES string of the molecule is Nc1cccc2cc(C(=O)NC(C3CC3)C3CC3)[nH]c12. The molecule has 104 valence electrons. The minimum atomic E-state index is 0.00407. The molecule has 0 radical (unpaired) electrons. The van der Waals surface area contributed by atoms with Crippen LogP contribution in [0.3, 0.4) is 0 Å². The molecule has 1 aromatic heterocycles. The molecule has 0 aliphatic heterocycles. The Morgan fingerprint density at radius 2 is 1.95 bits per heavy atom. The first-order valence-corrected chi connectivity index (χ1v) is 7.40. The van der Waals surface area contributed by atoms with E-state index in [9.17, 15) is 4.79 Å². The second-order valence-electron chi connectivity index (χ2n) is 6.17. The number of amides is 1. The molecule has 2 aromatic rings. The van der Waals surface area contributed by atoms with Crippen molar-refractivity contribution in [3.63, 3.8) is 0 Å². The number of para-hydroxylation sites is 1. The van der Waals surface area contributed by atoms with E-state index < -0.39 is 0 Å². The van der Waals surface area contributed by atoms with Gasteiger partial charge in [-0.2, -0.15) is 0 Å². The first-order valence-electron chi connectivity index (χ1n) is 7.40. The number of H-pyrrole nitrogens is 1. The predicted octanol–water partition coefficient (Wildman–Crippen LogP) is 2.67. The zero-order chi connectivity index (χ0) is 13.7. The molecule has 20 heavy (non-hydrogen) atoms. The Morgan fingerprint density at radius 1 is 1.25 bits per heavy atom. The van der Waals surface area contributed by atoms with Crippen LogP contribution in [-0.4, -0.2) is 16.9 Å². The van der Waals surface area contributed by atoms with Crippen LogP contribution in [0, 0.1) is 11.8 Å². The van der Waals surface area contributed by atoms with Crippen LogP contribution in [-0.2, 0) is 0 Å². The molecule has 2 fully saturated rings. The van der Waals surface area contributed by atoms with Crippen LogP contribution >= 0.6 is 0 Å². The third-order valence-corrected chi connectivity index (χ3v) is 4.49. The lowest BCUT2D eigenvalue weighted by Gasteiger charge is -2.16. The molecule has 0 unspecified atom stereocenters. The number of benzene rings is 1.